The number of para-hydroxylation sites is 3. The molecule has 4 heterocycles. The molecule has 0 unspecified atom stereocenters. The van der Waals surface area contributed by atoms with Crippen LogP contribution in [0, 0.1) is 0 Å². The minimum Gasteiger partial charge on any atom is -0.434 e. The second-order valence-corrected chi connectivity index (χ2v) is 16.1. The monoisotopic (exact) mass is 771 g/mol. The second-order valence-electron chi connectivity index (χ2n) is 16.1. The quantitative estimate of drug-likeness (QED) is 0.174. The number of benzene rings is 8. The van der Waals surface area contributed by atoms with E-state index in [2.05, 4.69) is 163 Å². The number of rotatable bonds is 5. The van der Waals surface area contributed by atoms with Crippen molar-refractivity contribution in [2.45, 2.75) is 19.3 Å². The van der Waals surface area contributed by atoms with Gasteiger partial charge >= 0.3 is 0 Å². The van der Waals surface area contributed by atoms with Gasteiger partial charge in [0.2, 0.25) is 11.8 Å². The van der Waals surface area contributed by atoms with Crippen molar-refractivity contribution in [1.82, 2.24) is 19.5 Å². The molecule has 12 rings (SSSR count). The lowest BCUT2D eigenvalue weighted by Gasteiger charge is -2.42. The van der Waals surface area contributed by atoms with Gasteiger partial charge in [-0.1, -0.05) is 129 Å². The molecule has 60 heavy (non-hydrogen) atoms. The Morgan fingerprint density at radius 1 is 0.467 bits per heavy atom. The van der Waals surface area contributed by atoms with Gasteiger partial charge in [-0.15, -0.1) is 0 Å². The average Bonchev–Trinajstić information content (AvgIpc) is 3.89. The van der Waals surface area contributed by atoms with Gasteiger partial charge in [0.05, 0.1) is 28.1 Å². The number of nitrogens with zero attached hydrogens (tertiary/aromatic N) is 5. The third-order valence-electron chi connectivity index (χ3n) is 12.2. The fourth-order valence-electron chi connectivity index (χ4n) is 9.29. The number of fused-ring (bicyclic) bond motifs is 8. The molecule has 284 valence electrons. The van der Waals surface area contributed by atoms with Crippen LogP contribution in [0.15, 0.2) is 192 Å². The first-order valence-corrected chi connectivity index (χ1v) is 20.4. The van der Waals surface area contributed by atoms with E-state index in [0.717, 1.165) is 71.9 Å². The van der Waals surface area contributed by atoms with Crippen LogP contribution >= 0.6 is 0 Å². The van der Waals surface area contributed by atoms with E-state index in [1.54, 1.807) is 0 Å². The van der Waals surface area contributed by atoms with Crippen LogP contribution in [-0.4, -0.2) is 19.5 Å². The van der Waals surface area contributed by atoms with E-state index in [4.69, 9.17) is 19.4 Å². The highest BCUT2D eigenvalue weighted by Crippen LogP contribution is 2.52. The molecule has 1 aliphatic rings. The summed E-state index contributed by atoms with van der Waals surface area (Å²) in [6.45, 7) is 4.68. The molecule has 1 aliphatic heterocycles. The van der Waals surface area contributed by atoms with Crippen molar-refractivity contribution in [2.24, 2.45) is 0 Å². The van der Waals surface area contributed by atoms with Crippen LogP contribution in [0.4, 0.5) is 17.1 Å². The van der Waals surface area contributed by atoms with Crippen molar-refractivity contribution < 1.29 is 4.42 Å². The summed E-state index contributed by atoms with van der Waals surface area (Å²) in [6.07, 6.45) is 0. The van der Waals surface area contributed by atoms with Crippen molar-refractivity contribution in [2.75, 3.05) is 4.90 Å². The summed E-state index contributed by atoms with van der Waals surface area (Å²) in [5.74, 6) is 1.14. The summed E-state index contributed by atoms with van der Waals surface area (Å²) < 4.78 is 8.91. The second kappa shape index (κ2) is 13.1. The van der Waals surface area contributed by atoms with E-state index in [0.29, 0.717) is 17.4 Å². The lowest BCUT2D eigenvalue weighted by Crippen LogP contribution is -2.30. The molecule has 8 aromatic carbocycles. The number of aromatic nitrogens is 4. The van der Waals surface area contributed by atoms with Gasteiger partial charge in [-0.3, -0.25) is 4.57 Å². The van der Waals surface area contributed by atoms with Gasteiger partial charge < -0.3 is 9.32 Å². The van der Waals surface area contributed by atoms with Crippen LogP contribution < -0.4 is 4.90 Å². The molecule has 0 spiro atoms. The van der Waals surface area contributed by atoms with Gasteiger partial charge in [-0.25, -0.2) is 15.0 Å². The molecular weight excluding hydrogens is 735 g/mol. The standard InChI is InChI=1S/C54H37N5O/c1-54(2)42-23-13-15-25-47(42)58(38-20-10-5-11-21-38)48-31-27-37(33-43(48)54)36-26-30-46-41(32-36)39-28-29-45-51(60-52(55-45)35-18-8-4-9-19-35)50(39)59(46)53-56-44-24-14-12-22-40(44)49(57-53)34-16-6-3-7-17-34/h3-33H,1-2H3. The van der Waals surface area contributed by atoms with Crippen molar-refractivity contribution >= 4 is 60.9 Å². The number of hydrogen-bond acceptors (Lipinski definition) is 5. The van der Waals surface area contributed by atoms with E-state index in [1.165, 1.54) is 22.5 Å². The van der Waals surface area contributed by atoms with Crippen LogP contribution in [0.2, 0.25) is 0 Å². The van der Waals surface area contributed by atoms with Crippen molar-refractivity contribution in [3.05, 3.63) is 199 Å². The Kier molecular flexibility index (Phi) is 7.47. The van der Waals surface area contributed by atoms with Crippen LogP contribution in [0.25, 0.3) is 83.6 Å². The summed E-state index contributed by atoms with van der Waals surface area (Å²) in [6, 6.07) is 66.0. The Balaban J connectivity index is 1.10. The molecular formula is C54H37N5O. The zero-order valence-electron chi connectivity index (χ0n) is 33.0. The predicted octanol–water partition coefficient (Wildman–Crippen LogP) is 14.0. The first kappa shape index (κ1) is 34.2. The number of hydrogen-bond donors (Lipinski definition) is 0. The Labute approximate surface area is 346 Å². The summed E-state index contributed by atoms with van der Waals surface area (Å²) in [7, 11) is 0. The predicted molar refractivity (Wildman–Crippen MR) is 245 cm³/mol. The van der Waals surface area contributed by atoms with Gasteiger partial charge in [0.15, 0.2) is 5.58 Å². The Hall–Kier alpha value is -7.83. The molecule has 0 saturated carbocycles. The maximum Gasteiger partial charge on any atom is 0.235 e. The summed E-state index contributed by atoms with van der Waals surface area (Å²) in [5, 5.41) is 3.11. The Morgan fingerprint density at radius 3 is 1.95 bits per heavy atom. The maximum absolute atomic E-state index is 6.74. The molecule has 11 aromatic rings. The fraction of sp³-hybridized carbons (Fsp3) is 0.0556. The summed E-state index contributed by atoms with van der Waals surface area (Å²) in [4.78, 5) is 18.0. The maximum atomic E-state index is 6.74. The van der Waals surface area contributed by atoms with Crippen molar-refractivity contribution in [3.63, 3.8) is 0 Å². The third kappa shape index (κ3) is 5.17. The van der Waals surface area contributed by atoms with Crippen LogP contribution in [-0.2, 0) is 5.41 Å². The van der Waals surface area contributed by atoms with Gasteiger partial charge in [0.1, 0.15) is 11.0 Å². The van der Waals surface area contributed by atoms with Crippen molar-refractivity contribution in [3.8, 4) is 39.8 Å². The molecule has 3 aromatic heterocycles. The lowest BCUT2D eigenvalue weighted by molar-refractivity contribution is 0.621. The normalized spacial score (nSPS) is 13.3. The molecule has 0 N–H and O–H groups in total. The van der Waals surface area contributed by atoms with Crippen LogP contribution in [0.1, 0.15) is 25.0 Å². The molecule has 0 radical (unpaired) electrons. The highest BCUT2D eigenvalue weighted by Gasteiger charge is 2.37. The SMILES string of the molecule is CC1(C)c2ccccc2N(c2ccccc2)c2ccc(-c3ccc4c(c3)c3ccc5nc(-c6ccccc6)oc5c3n4-c3nc(-c4ccccc4)c4ccccc4n3)cc21. The highest BCUT2D eigenvalue weighted by atomic mass is 16.3. The molecule has 0 amide bonds. The summed E-state index contributed by atoms with van der Waals surface area (Å²) >= 11 is 0. The van der Waals surface area contributed by atoms with Gasteiger partial charge in [0, 0.05) is 38.4 Å². The zero-order valence-corrected chi connectivity index (χ0v) is 33.0. The molecule has 0 bridgehead atoms. The molecule has 0 fully saturated rings. The topological polar surface area (TPSA) is 60.0 Å². The van der Waals surface area contributed by atoms with E-state index in [1.807, 2.05) is 48.5 Å². The molecule has 0 aliphatic carbocycles. The van der Waals surface area contributed by atoms with Crippen LogP contribution in [0.5, 0.6) is 0 Å². The lowest BCUT2D eigenvalue weighted by atomic mass is 9.73. The van der Waals surface area contributed by atoms with E-state index < -0.39 is 0 Å². The first-order valence-electron chi connectivity index (χ1n) is 20.4. The molecule has 6 heteroatoms. The van der Waals surface area contributed by atoms with Gasteiger partial charge in [-0.2, -0.15) is 0 Å². The minimum absolute atomic E-state index is 0.231. The smallest absolute Gasteiger partial charge is 0.235 e. The molecule has 6 nitrogen and oxygen atoms in total. The van der Waals surface area contributed by atoms with Gasteiger partial charge in [0.25, 0.3) is 0 Å². The molecule has 0 saturated heterocycles. The van der Waals surface area contributed by atoms with Gasteiger partial charge in [-0.05, 0) is 95.1 Å². The van der Waals surface area contributed by atoms with Crippen LogP contribution in [0.3, 0.4) is 0 Å². The Bertz CT molecular complexity index is 3460. The number of oxazole rings is 1. The number of anilines is 3. The highest BCUT2D eigenvalue weighted by molar-refractivity contribution is 6.17. The van der Waals surface area contributed by atoms with E-state index in [9.17, 15) is 0 Å². The van der Waals surface area contributed by atoms with E-state index >= 15 is 0 Å². The summed E-state index contributed by atoms with van der Waals surface area (Å²) in [5.41, 5.74) is 15.2. The fourth-order valence-corrected chi connectivity index (χ4v) is 9.29. The van der Waals surface area contributed by atoms with Crippen molar-refractivity contribution in [1.29, 1.82) is 0 Å². The third-order valence-corrected chi connectivity index (χ3v) is 12.2. The Morgan fingerprint density at radius 2 is 1.13 bits per heavy atom. The molecule has 0 atom stereocenters. The first-order chi connectivity index (χ1) is 29.5. The average molecular weight is 772 g/mol. The zero-order chi connectivity index (χ0) is 40.0. The largest absolute Gasteiger partial charge is 0.434 e. The van der Waals surface area contributed by atoms with E-state index in [-0.39, 0.29) is 5.41 Å². The minimum atomic E-state index is -0.231.